The van der Waals surface area contributed by atoms with Gasteiger partial charge >= 0.3 is 34.5 Å². The fourth-order valence-corrected chi connectivity index (χ4v) is 1.28. The second kappa shape index (κ2) is 8.38. The maximum Gasteiger partial charge on any atom is 1.00 e. The zero-order valence-corrected chi connectivity index (χ0v) is 10.8. The summed E-state index contributed by atoms with van der Waals surface area (Å²) in [6, 6.07) is 0. The molecule has 1 N–H and O–H groups in total. The van der Waals surface area contributed by atoms with Gasteiger partial charge in [0.1, 0.15) is 0 Å². The molecule has 0 bridgehead atoms. The van der Waals surface area contributed by atoms with Gasteiger partial charge in [0.15, 0.2) is 0 Å². The number of piperidine rings is 1. The third-order valence-corrected chi connectivity index (χ3v) is 2.77. The molecule has 100 valence electrons. The summed E-state index contributed by atoms with van der Waals surface area (Å²) in [6.45, 7) is 6.18. The van der Waals surface area contributed by atoms with Crippen molar-refractivity contribution in [1.82, 2.24) is 4.90 Å². The van der Waals surface area contributed by atoms with E-state index in [1.54, 1.807) is 0 Å². The van der Waals surface area contributed by atoms with Crippen molar-refractivity contribution in [3.05, 3.63) is 0 Å². The summed E-state index contributed by atoms with van der Waals surface area (Å²) in [5.41, 5.74) is -5.53. The Kier molecular flexibility index (Phi) is 9.65. The fourth-order valence-electron chi connectivity index (χ4n) is 1.28. The summed E-state index contributed by atoms with van der Waals surface area (Å²) < 4.78 is 57.5. The maximum absolute atomic E-state index is 10.7. The minimum Gasteiger partial charge on any atom is -1.00 e. The molecule has 0 aliphatic carbocycles. The van der Waals surface area contributed by atoms with Crippen LogP contribution in [0, 0.1) is 0 Å². The van der Waals surface area contributed by atoms with E-state index in [2.05, 4.69) is 11.8 Å². The van der Waals surface area contributed by atoms with Gasteiger partial charge in [0.05, 0.1) is 0 Å². The summed E-state index contributed by atoms with van der Waals surface area (Å²) >= 11 is 0. The molecule has 1 heterocycles. The monoisotopic (exact) mass is 271 g/mol. The van der Waals surface area contributed by atoms with E-state index in [1.807, 2.05) is 0 Å². The van der Waals surface area contributed by atoms with Gasteiger partial charge in [-0.2, -0.15) is 21.6 Å². The van der Waals surface area contributed by atoms with Gasteiger partial charge in [-0.3, -0.25) is 4.55 Å². The zero-order chi connectivity index (χ0) is 12.8. The number of likely N-dealkylation sites (tertiary alicyclic amines) is 1. The van der Waals surface area contributed by atoms with Crippen LogP contribution in [0.1, 0.15) is 27.6 Å². The van der Waals surface area contributed by atoms with Crippen LogP contribution >= 0.6 is 0 Å². The minimum atomic E-state index is -5.84. The first-order valence-corrected chi connectivity index (χ1v) is 6.38. The van der Waals surface area contributed by atoms with Crippen molar-refractivity contribution in [2.45, 2.75) is 31.7 Å². The van der Waals surface area contributed by atoms with E-state index in [1.165, 1.54) is 38.9 Å². The Morgan fingerprint density at radius 3 is 1.76 bits per heavy atom. The van der Waals surface area contributed by atoms with Crippen LogP contribution in [0.15, 0.2) is 0 Å². The standard InChI is InChI=1S/C7H15N.CHF3O3S.Li.H/c1-2-8-6-4-3-5-7-8;2-1(3,4)8(5,6)7;;/h2-7H2,1H3;(H,5,6,7);;/q;;+1;-1. The first kappa shape index (κ1) is 19.6. The van der Waals surface area contributed by atoms with Crippen LogP contribution in [0.4, 0.5) is 13.2 Å². The molecule has 0 amide bonds. The van der Waals surface area contributed by atoms with E-state index in [9.17, 15) is 13.2 Å². The summed E-state index contributed by atoms with van der Waals surface area (Å²) in [5, 5.41) is 0. The quantitative estimate of drug-likeness (QED) is 0.378. The molecule has 0 aromatic carbocycles. The molecule has 0 atom stereocenters. The van der Waals surface area contributed by atoms with Gasteiger partial charge in [-0.15, -0.1) is 0 Å². The van der Waals surface area contributed by atoms with Gasteiger partial charge < -0.3 is 6.33 Å². The van der Waals surface area contributed by atoms with Crippen molar-refractivity contribution in [3.63, 3.8) is 0 Å². The Hall–Kier alpha value is 0.257. The first-order valence-electron chi connectivity index (χ1n) is 4.94. The van der Waals surface area contributed by atoms with Crippen molar-refractivity contribution >= 4 is 10.1 Å². The summed E-state index contributed by atoms with van der Waals surface area (Å²) in [4.78, 5) is 2.52. The van der Waals surface area contributed by atoms with Gasteiger partial charge in [-0.25, -0.2) is 0 Å². The van der Waals surface area contributed by atoms with Crippen molar-refractivity contribution in [2.24, 2.45) is 0 Å². The number of rotatable bonds is 1. The van der Waals surface area contributed by atoms with Crippen LogP contribution in [0.3, 0.4) is 0 Å². The predicted molar refractivity (Wildman–Crippen MR) is 54.7 cm³/mol. The van der Waals surface area contributed by atoms with E-state index < -0.39 is 15.6 Å². The molecule has 1 aliphatic heterocycles. The number of hydrogen-bond donors (Lipinski definition) is 1. The molecule has 4 nitrogen and oxygen atoms in total. The summed E-state index contributed by atoms with van der Waals surface area (Å²) in [5.74, 6) is 0. The molecule has 1 saturated heterocycles. The molecule has 1 rings (SSSR count). The van der Waals surface area contributed by atoms with Crippen LogP contribution in [0.2, 0.25) is 0 Å². The van der Waals surface area contributed by atoms with Gasteiger partial charge in [0.2, 0.25) is 0 Å². The molecule has 0 saturated carbocycles. The number of halogens is 3. The van der Waals surface area contributed by atoms with E-state index in [4.69, 9.17) is 13.0 Å². The second-order valence-electron chi connectivity index (χ2n) is 3.42. The van der Waals surface area contributed by atoms with Crippen LogP contribution in [-0.2, 0) is 10.1 Å². The molecule has 17 heavy (non-hydrogen) atoms. The number of alkyl halides is 3. The Labute approximate surface area is 113 Å². The topological polar surface area (TPSA) is 57.6 Å². The van der Waals surface area contributed by atoms with Crippen molar-refractivity contribution in [2.75, 3.05) is 19.6 Å². The predicted octanol–water partition coefficient (Wildman–Crippen LogP) is -0.997. The molecular weight excluding hydrogens is 254 g/mol. The third kappa shape index (κ3) is 8.91. The van der Waals surface area contributed by atoms with Crippen LogP contribution < -0.4 is 18.9 Å². The SMILES string of the molecule is CCN1CCCCC1.O=S(=O)(O)C(F)(F)F.[H-].[Li+]. The van der Waals surface area contributed by atoms with Gasteiger partial charge in [-0.1, -0.05) is 13.3 Å². The average Bonchev–Trinajstić information content (AvgIpc) is 2.17. The van der Waals surface area contributed by atoms with Crippen LogP contribution in [0.25, 0.3) is 0 Å². The smallest absolute Gasteiger partial charge is 1.00 e. The summed E-state index contributed by atoms with van der Waals surface area (Å²) in [7, 11) is -5.84. The number of nitrogens with zero attached hydrogens (tertiary/aromatic N) is 1. The van der Waals surface area contributed by atoms with Crippen molar-refractivity contribution < 1.29 is 46.4 Å². The largest absolute Gasteiger partial charge is 1.00 e. The molecular formula is C8H17F3LiNO3S. The van der Waals surface area contributed by atoms with Gasteiger partial charge in [0.25, 0.3) is 0 Å². The molecule has 1 aliphatic rings. The van der Waals surface area contributed by atoms with E-state index in [0.29, 0.717) is 0 Å². The van der Waals surface area contributed by atoms with Gasteiger partial charge in [-0.05, 0) is 32.5 Å². The molecule has 9 heteroatoms. The average molecular weight is 271 g/mol. The zero-order valence-electron chi connectivity index (χ0n) is 11.0. The van der Waals surface area contributed by atoms with E-state index >= 15 is 0 Å². The van der Waals surface area contributed by atoms with Gasteiger partial charge in [0, 0.05) is 0 Å². The minimum absolute atomic E-state index is 0. The molecule has 0 aromatic heterocycles. The molecule has 0 aromatic rings. The van der Waals surface area contributed by atoms with E-state index in [-0.39, 0.29) is 20.3 Å². The van der Waals surface area contributed by atoms with Crippen molar-refractivity contribution in [1.29, 1.82) is 0 Å². The summed E-state index contributed by atoms with van der Waals surface area (Å²) in [6.07, 6.45) is 4.30. The Morgan fingerprint density at radius 1 is 1.24 bits per heavy atom. The second-order valence-corrected chi connectivity index (χ2v) is 4.83. The third-order valence-electron chi connectivity index (χ3n) is 2.19. The molecule has 0 unspecified atom stereocenters. The fraction of sp³-hybridized carbons (Fsp3) is 1.00. The van der Waals surface area contributed by atoms with E-state index in [0.717, 1.165) is 0 Å². The van der Waals surface area contributed by atoms with Crippen LogP contribution in [-0.4, -0.2) is 43.0 Å². The normalized spacial score (nSPS) is 17.7. The van der Waals surface area contributed by atoms with Crippen molar-refractivity contribution in [3.8, 4) is 0 Å². The maximum atomic E-state index is 10.7. The Morgan fingerprint density at radius 2 is 1.59 bits per heavy atom. The Balaban J connectivity index is -0.000000225. The number of hydrogen-bond acceptors (Lipinski definition) is 3. The van der Waals surface area contributed by atoms with Crippen LogP contribution in [0.5, 0.6) is 0 Å². The molecule has 1 fully saturated rings. The molecule has 0 spiro atoms. The Bertz CT molecular complexity index is 294. The molecule has 0 radical (unpaired) electrons. The first-order chi connectivity index (χ1) is 7.18.